The van der Waals surface area contributed by atoms with E-state index in [2.05, 4.69) is 9.50 Å². The lowest BCUT2D eigenvalue weighted by Gasteiger charge is -2.26. The lowest BCUT2D eigenvalue weighted by Crippen LogP contribution is -2.36. The van der Waals surface area contributed by atoms with Crippen LogP contribution in [-0.2, 0) is 27.8 Å². The predicted molar refractivity (Wildman–Crippen MR) is 101 cm³/mol. The third-order valence-corrected chi connectivity index (χ3v) is 5.98. The maximum atomic E-state index is 13.9. The van der Waals surface area contributed by atoms with Gasteiger partial charge in [0, 0.05) is 11.5 Å². The number of fused-ring (bicyclic) bond motifs is 1. The molecule has 1 aliphatic rings. The second kappa shape index (κ2) is 8.25. The highest BCUT2D eigenvalue weighted by atomic mass is 32.2. The predicted octanol–water partition coefficient (Wildman–Crippen LogP) is 4.04. The van der Waals surface area contributed by atoms with E-state index in [9.17, 15) is 30.8 Å². The number of amides is 1. The minimum atomic E-state index is -5.74. The van der Waals surface area contributed by atoms with E-state index in [0.717, 1.165) is 11.6 Å². The molecule has 0 aromatic heterocycles. The number of carbonyl (C=O) groups excluding carboxylic acids is 1. The van der Waals surface area contributed by atoms with Crippen LogP contribution in [0.15, 0.2) is 42.5 Å². The quantitative estimate of drug-likeness (QED) is 0.429. The van der Waals surface area contributed by atoms with E-state index >= 15 is 0 Å². The number of carbonyl (C=O) groups is 1. The number of rotatable bonds is 5. The minimum absolute atomic E-state index is 0.253. The molecule has 0 saturated heterocycles. The molecule has 1 aliphatic carbocycles. The molecule has 2 aromatic rings. The molecule has 0 bridgehead atoms. The molecule has 162 valence electrons. The minimum Gasteiger partial charge on any atom is -0.376 e. The molecule has 2 atom stereocenters. The van der Waals surface area contributed by atoms with Crippen LogP contribution in [0.25, 0.3) is 0 Å². The first-order valence-electron chi connectivity index (χ1n) is 9.15. The highest BCUT2D eigenvalue weighted by molar-refractivity contribution is 7.88. The molecule has 1 amide bonds. The van der Waals surface area contributed by atoms with Crippen LogP contribution in [0.4, 0.5) is 17.6 Å². The molecule has 3 rings (SSSR count). The Bertz CT molecular complexity index is 1050. The first kappa shape index (κ1) is 22.1. The molecule has 2 aromatic carbocycles. The maximum absolute atomic E-state index is 13.9. The summed E-state index contributed by atoms with van der Waals surface area (Å²) in [6, 6.07) is 9.44. The standard InChI is InChI=1S/C20H19F4NO4S/c1-12(17-4-2-3-5-18(17)21)25-19(26)15-7-6-14-11-16(9-8-13(14)10-15)29-30(27,28)20(22,23)24/h2-5,8-9,11-12,15H,6-7,10H2,1H3,(H,25,26)/t12-,15+/m1/s1. The third-order valence-electron chi connectivity index (χ3n) is 5.00. The fourth-order valence-corrected chi connectivity index (χ4v) is 3.87. The van der Waals surface area contributed by atoms with Crippen molar-refractivity contribution in [3.8, 4) is 5.75 Å². The Morgan fingerprint density at radius 3 is 2.53 bits per heavy atom. The van der Waals surface area contributed by atoms with Crippen molar-refractivity contribution in [2.75, 3.05) is 0 Å². The lowest BCUT2D eigenvalue weighted by molar-refractivity contribution is -0.126. The van der Waals surface area contributed by atoms with Crippen LogP contribution in [0.3, 0.4) is 0 Å². The summed E-state index contributed by atoms with van der Waals surface area (Å²) in [7, 11) is -5.74. The number of hydrogen-bond donors (Lipinski definition) is 1. The number of benzene rings is 2. The summed E-state index contributed by atoms with van der Waals surface area (Å²) in [5, 5.41) is 2.79. The largest absolute Gasteiger partial charge is 0.534 e. The normalized spacial score (nSPS) is 17.7. The zero-order valence-electron chi connectivity index (χ0n) is 15.9. The fraction of sp³-hybridized carbons (Fsp3) is 0.350. The van der Waals surface area contributed by atoms with Crippen LogP contribution in [0.5, 0.6) is 5.75 Å². The van der Waals surface area contributed by atoms with E-state index in [0.29, 0.717) is 30.4 Å². The van der Waals surface area contributed by atoms with Crippen LogP contribution in [0.2, 0.25) is 0 Å². The van der Waals surface area contributed by atoms with Gasteiger partial charge in [-0.15, -0.1) is 0 Å². The van der Waals surface area contributed by atoms with Crippen LogP contribution in [0, 0.1) is 11.7 Å². The van der Waals surface area contributed by atoms with Gasteiger partial charge >= 0.3 is 15.6 Å². The van der Waals surface area contributed by atoms with Crippen molar-refractivity contribution < 1.29 is 35.0 Å². The summed E-state index contributed by atoms with van der Waals surface area (Å²) < 4.78 is 77.7. The molecule has 0 spiro atoms. The zero-order chi connectivity index (χ0) is 22.1. The van der Waals surface area contributed by atoms with Gasteiger partial charge in [-0.3, -0.25) is 4.79 Å². The van der Waals surface area contributed by atoms with E-state index < -0.39 is 39.2 Å². The SMILES string of the molecule is C[C@@H](NC(=O)[C@H]1CCc2cc(OS(=O)(=O)C(F)(F)F)ccc2C1)c1ccccc1F. The Labute approximate surface area is 171 Å². The molecule has 10 heteroatoms. The van der Waals surface area contributed by atoms with E-state index in [1.165, 1.54) is 18.2 Å². The Kier molecular flexibility index (Phi) is 6.07. The van der Waals surface area contributed by atoms with Gasteiger partial charge in [0.15, 0.2) is 0 Å². The molecule has 5 nitrogen and oxygen atoms in total. The molecule has 0 unspecified atom stereocenters. The average molecular weight is 445 g/mol. The number of nitrogens with one attached hydrogen (secondary N) is 1. The van der Waals surface area contributed by atoms with Gasteiger partial charge in [-0.1, -0.05) is 24.3 Å². The number of hydrogen-bond acceptors (Lipinski definition) is 4. The molecule has 0 aliphatic heterocycles. The average Bonchev–Trinajstić information content (AvgIpc) is 2.66. The molecular weight excluding hydrogens is 426 g/mol. The van der Waals surface area contributed by atoms with Crippen molar-refractivity contribution in [2.45, 2.75) is 37.7 Å². The Hall–Kier alpha value is -2.62. The topological polar surface area (TPSA) is 72.5 Å². The summed E-state index contributed by atoms with van der Waals surface area (Å²) >= 11 is 0. The Morgan fingerprint density at radius 2 is 1.87 bits per heavy atom. The van der Waals surface area contributed by atoms with Gasteiger partial charge < -0.3 is 9.50 Å². The second-order valence-electron chi connectivity index (χ2n) is 7.11. The molecule has 0 saturated carbocycles. The highest BCUT2D eigenvalue weighted by Gasteiger charge is 2.48. The van der Waals surface area contributed by atoms with Crippen molar-refractivity contribution in [1.29, 1.82) is 0 Å². The monoisotopic (exact) mass is 445 g/mol. The summed E-state index contributed by atoms with van der Waals surface area (Å²) in [5.74, 6) is -1.49. The second-order valence-corrected chi connectivity index (χ2v) is 8.64. The third kappa shape index (κ3) is 4.75. The fourth-order valence-electron chi connectivity index (χ4n) is 3.42. The smallest absolute Gasteiger partial charge is 0.376 e. The number of aryl methyl sites for hydroxylation is 1. The molecule has 0 heterocycles. The van der Waals surface area contributed by atoms with Crippen molar-refractivity contribution in [2.24, 2.45) is 5.92 Å². The molecule has 0 radical (unpaired) electrons. The van der Waals surface area contributed by atoms with Crippen LogP contribution in [-0.4, -0.2) is 19.8 Å². The number of alkyl halides is 3. The van der Waals surface area contributed by atoms with E-state index in [4.69, 9.17) is 0 Å². The van der Waals surface area contributed by atoms with Gasteiger partial charge in [-0.2, -0.15) is 21.6 Å². The molecule has 1 N–H and O–H groups in total. The first-order chi connectivity index (χ1) is 14.0. The van der Waals surface area contributed by atoms with Gasteiger partial charge in [-0.05, 0) is 55.5 Å². The number of halogens is 4. The molecule has 30 heavy (non-hydrogen) atoms. The van der Waals surface area contributed by atoms with Gasteiger partial charge in [0.2, 0.25) is 5.91 Å². The molecule has 0 fully saturated rings. The van der Waals surface area contributed by atoms with Gasteiger partial charge in [-0.25, -0.2) is 4.39 Å². The summed E-state index contributed by atoms with van der Waals surface area (Å²) in [6.45, 7) is 1.68. The van der Waals surface area contributed by atoms with Gasteiger partial charge in [0.05, 0.1) is 6.04 Å². The van der Waals surface area contributed by atoms with Crippen molar-refractivity contribution in [3.05, 3.63) is 65.0 Å². The van der Waals surface area contributed by atoms with Gasteiger partial charge in [0.25, 0.3) is 0 Å². The van der Waals surface area contributed by atoms with Crippen LogP contribution in [0.1, 0.15) is 36.1 Å². The first-order valence-corrected chi connectivity index (χ1v) is 10.6. The lowest BCUT2D eigenvalue weighted by atomic mass is 9.83. The van der Waals surface area contributed by atoms with Crippen molar-refractivity contribution >= 4 is 16.0 Å². The molecular formula is C20H19F4NO4S. The summed E-state index contributed by atoms with van der Waals surface area (Å²) in [6.07, 6.45) is 1.11. The Balaban J connectivity index is 1.67. The summed E-state index contributed by atoms with van der Waals surface area (Å²) in [4.78, 5) is 12.6. The van der Waals surface area contributed by atoms with Crippen molar-refractivity contribution in [3.63, 3.8) is 0 Å². The van der Waals surface area contributed by atoms with Crippen LogP contribution >= 0.6 is 0 Å². The van der Waals surface area contributed by atoms with Crippen molar-refractivity contribution in [1.82, 2.24) is 5.32 Å². The Morgan fingerprint density at radius 1 is 1.17 bits per heavy atom. The van der Waals surface area contributed by atoms with E-state index in [-0.39, 0.29) is 5.91 Å². The zero-order valence-corrected chi connectivity index (χ0v) is 16.7. The van der Waals surface area contributed by atoms with E-state index in [1.807, 2.05) is 0 Å². The van der Waals surface area contributed by atoms with Crippen LogP contribution < -0.4 is 9.50 Å². The van der Waals surface area contributed by atoms with Gasteiger partial charge in [0.1, 0.15) is 11.6 Å². The van der Waals surface area contributed by atoms with E-state index in [1.54, 1.807) is 25.1 Å². The summed E-state index contributed by atoms with van der Waals surface area (Å²) in [5.41, 5.74) is -3.80. The maximum Gasteiger partial charge on any atom is 0.534 e. The highest BCUT2D eigenvalue weighted by Crippen LogP contribution is 2.32.